The number of carbonyl (C=O) groups is 1. The maximum absolute atomic E-state index is 14.5. The molecule has 0 bridgehead atoms. The molecular weight excluding hydrogens is 555 g/mol. The fourth-order valence-electron chi connectivity index (χ4n) is 6.33. The van der Waals surface area contributed by atoms with Gasteiger partial charge in [-0.1, -0.05) is 36.4 Å². The summed E-state index contributed by atoms with van der Waals surface area (Å²) in [7, 11) is 1.66. The number of aliphatic hydroxyl groups is 1. The zero-order chi connectivity index (χ0) is 30.2. The van der Waals surface area contributed by atoms with E-state index < -0.39 is 6.04 Å². The van der Waals surface area contributed by atoms with Crippen LogP contribution in [0.2, 0.25) is 0 Å². The summed E-state index contributed by atoms with van der Waals surface area (Å²) >= 11 is 0. The molecule has 0 spiro atoms. The Labute approximate surface area is 254 Å². The van der Waals surface area contributed by atoms with E-state index in [4.69, 9.17) is 4.74 Å². The van der Waals surface area contributed by atoms with Gasteiger partial charge in [0.1, 0.15) is 11.6 Å². The number of nitrogens with zero attached hydrogens (tertiary/aromatic N) is 2. The smallest absolute Gasteiger partial charge is 0.253 e. The van der Waals surface area contributed by atoms with Gasteiger partial charge in [0.05, 0.1) is 31.0 Å². The second-order valence-corrected chi connectivity index (χ2v) is 11.1. The van der Waals surface area contributed by atoms with Gasteiger partial charge in [-0.05, 0) is 66.4 Å². The van der Waals surface area contributed by atoms with E-state index in [1.807, 2.05) is 54.7 Å². The van der Waals surface area contributed by atoms with E-state index in [2.05, 4.69) is 32.0 Å². The number of carbonyl (C=O) groups excluding carboxylic acids is 1. The number of hydrogen-bond donors (Lipinski definition) is 3. The zero-order valence-corrected chi connectivity index (χ0v) is 24.2. The van der Waals surface area contributed by atoms with Crippen molar-refractivity contribution in [3.05, 3.63) is 120 Å². The standard InChI is InChI=1S/C36H31FN4O3/c1-44-34-16-22-11-13-41-33(29(22)17-30(34)24-7-5-12-38-19-24)18-31(35(41)23-6-4-8-26(37)14-23)36(43)40-27(21-42)15-25-20-39-32-10-3-2-9-28(25)32/h2-10,12,14,16-20,27,39,42H,11,13,15,21H2,1H3,(H,40,43)/t27-/m1/s1. The lowest BCUT2D eigenvalue weighted by molar-refractivity contribution is 0.0917. The molecule has 3 aromatic carbocycles. The first-order chi connectivity index (χ1) is 21.5. The first-order valence-corrected chi connectivity index (χ1v) is 14.6. The normalized spacial score (nSPS) is 12.9. The summed E-state index contributed by atoms with van der Waals surface area (Å²) in [4.78, 5) is 21.6. The Bertz CT molecular complexity index is 2000. The van der Waals surface area contributed by atoms with Crippen LogP contribution in [0.5, 0.6) is 5.75 Å². The van der Waals surface area contributed by atoms with E-state index in [0.717, 1.165) is 50.2 Å². The van der Waals surface area contributed by atoms with E-state index >= 15 is 0 Å². The van der Waals surface area contributed by atoms with Gasteiger partial charge >= 0.3 is 0 Å². The second kappa shape index (κ2) is 11.5. The van der Waals surface area contributed by atoms with E-state index in [9.17, 15) is 14.3 Å². The number of aliphatic hydroxyl groups excluding tert-OH is 1. The van der Waals surface area contributed by atoms with Crippen molar-refractivity contribution >= 4 is 16.8 Å². The van der Waals surface area contributed by atoms with Crippen LogP contribution in [-0.4, -0.2) is 45.3 Å². The Morgan fingerprint density at radius 1 is 1.07 bits per heavy atom. The number of aromatic amines is 1. The first-order valence-electron chi connectivity index (χ1n) is 14.6. The summed E-state index contributed by atoms with van der Waals surface area (Å²) in [6.45, 7) is 0.376. The Morgan fingerprint density at radius 2 is 1.93 bits per heavy atom. The number of para-hydroxylation sites is 1. The summed E-state index contributed by atoms with van der Waals surface area (Å²) in [6.07, 6.45) is 6.61. The van der Waals surface area contributed by atoms with Gasteiger partial charge in [-0.3, -0.25) is 9.78 Å². The molecule has 1 aliphatic heterocycles. The molecular formula is C36H31FN4O3. The highest BCUT2D eigenvalue weighted by atomic mass is 19.1. The maximum atomic E-state index is 14.5. The van der Waals surface area contributed by atoms with E-state index in [1.54, 1.807) is 25.6 Å². The predicted octanol–water partition coefficient (Wildman–Crippen LogP) is 6.40. The van der Waals surface area contributed by atoms with Crippen LogP contribution < -0.4 is 10.1 Å². The minimum atomic E-state index is -0.521. The molecule has 0 fully saturated rings. The van der Waals surface area contributed by atoms with Crippen LogP contribution in [0.15, 0.2) is 97.5 Å². The number of H-pyrrole nitrogens is 1. The summed E-state index contributed by atoms with van der Waals surface area (Å²) < 4.78 is 22.4. The minimum absolute atomic E-state index is 0.231. The molecule has 44 heavy (non-hydrogen) atoms. The van der Waals surface area contributed by atoms with Crippen LogP contribution in [0.25, 0.3) is 44.5 Å². The number of rotatable bonds is 8. The van der Waals surface area contributed by atoms with Crippen molar-refractivity contribution in [3.63, 3.8) is 0 Å². The van der Waals surface area contributed by atoms with Crippen LogP contribution in [0, 0.1) is 5.82 Å². The van der Waals surface area contributed by atoms with Crippen LogP contribution >= 0.6 is 0 Å². The average molecular weight is 587 g/mol. The Hall–Kier alpha value is -5.21. The molecule has 3 N–H and O–H groups in total. The van der Waals surface area contributed by atoms with Crippen molar-refractivity contribution in [2.24, 2.45) is 0 Å². The Balaban J connectivity index is 1.31. The van der Waals surface area contributed by atoms with Crippen molar-refractivity contribution in [1.82, 2.24) is 19.9 Å². The lowest BCUT2D eigenvalue weighted by atomic mass is 9.93. The molecule has 0 saturated heterocycles. The molecule has 4 heterocycles. The van der Waals surface area contributed by atoms with Gasteiger partial charge in [-0.15, -0.1) is 0 Å². The number of fused-ring (bicyclic) bond motifs is 4. The van der Waals surface area contributed by atoms with Gasteiger partial charge in [0.2, 0.25) is 0 Å². The fourth-order valence-corrected chi connectivity index (χ4v) is 6.33. The molecule has 7 nitrogen and oxygen atoms in total. The van der Waals surface area contributed by atoms with Crippen molar-refractivity contribution in [3.8, 4) is 39.4 Å². The predicted molar refractivity (Wildman–Crippen MR) is 169 cm³/mol. The van der Waals surface area contributed by atoms with Crippen LogP contribution in [0.3, 0.4) is 0 Å². The number of aromatic nitrogens is 3. The Kier molecular flexibility index (Phi) is 7.20. The molecule has 0 radical (unpaired) electrons. The van der Waals surface area contributed by atoms with E-state index in [-0.39, 0.29) is 18.3 Å². The minimum Gasteiger partial charge on any atom is -0.496 e. The number of halogens is 1. The van der Waals surface area contributed by atoms with E-state index in [1.165, 1.54) is 12.1 Å². The molecule has 220 valence electrons. The summed E-state index contributed by atoms with van der Waals surface area (Å²) in [6, 6.07) is 23.6. The number of amides is 1. The lowest BCUT2D eigenvalue weighted by Gasteiger charge is -2.24. The van der Waals surface area contributed by atoms with E-state index in [0.29, 0.717) is 36.2 Å². The molecule has 1 amide bonds. The third kappa shape index (κ3) is 4.93. The van der Waals surface area contributed by atoms with Crippen molar-refractivity contribution in [2.75, 3.05) is 13.7 Å². The largest absolute Gasteiger partial charge is 0.496 e. The third-order valence-corrected chi connectivity index (χ3v) is 8.41. The quantitative estimate of drug-likeness (QED) is 0.192. The van der Waals surface area contributed by atoms with Gasteiger partial charge in [-0.2, -0.15) is 0 Å². The monoisotopic (exact) mass is 586 g/mol. The van der Waals surface area contributed by atoms with Gasteiger partial charge in [0, 0.05) is 64.0 Å². The first kappa shape index (κ1) is 27.6. The van der Waals surface area contributed by atoms with Crippen LogP contribution in [0.1, 0.15) is 21.5 Å². The highest BCUT2D eigenvalue weighted by Gasteiger charge is 2.29. The van der Waals surface area contributed by atoms with Crippen molar-refractivity contribution in [1.29, 1.82) is 0 Å². The number of methoxy groups -OCH3 is 1. The Morgan fingerprint density at radius 3 is 2.73 bits per heavy atom. The average Bonchev–Trinajstić information content (AvgIpc) is 3.66. The fraction of sp³-hybridized carbons (Fsp3) is 0.167. The van der Waals surface area contributed by atoms with Crippen molar-refractivity contribution < 1.29 is 19.0 Å². The second-order valence-electron chi connectivity index (χ2n) is 11.1. The maximum Gasteiger partial charge on any atom is 0.253 e. The van der Waals surface area contributed by atoms with Gasteiger partial charge in [0.15, 0.2) is 0 Å². The molecule has 8 heteroatoms. The topological polar surface area (TPSA) is 92.2 Å². The third-order valence-electron chi connectivity index (χ3n) is 8.41. The summed E-state index contributed by atoms with van der Waals surface area (Å²) in [5.41, 5.74) is 8.44. The lowest BCUT2D eigenvalue weighted by Crippen LogP contribution is -2.39. The molecule has 1 aliphatic rings. The molecule has 1 atom stereocenters. The number of hydrogen-bond acceptors (Lipinski definition) is 4. The number of aryl methyl sites for hydroxylation is 1. The molecule has 3 aromatic heterocycles. The zero-order valence-electron chi connectivity index (χ0n) is 24.2. The summed E-state index contributed by atoms with van der Waals surface area (Å²) in [5, 5.41) is 14.4. The number of pyridine rings is 1. The van der Waals surface area contributed by atoms with Gasteiger partial charge in [-0.25, -0.2) is 4.39 Å². The highest BCUT2D eigenvalue weighted by molar-refractivity contribution is 6.03. The molecule has 6 aromatic rings. The molecule has 7 rings (SSSR count). The highest BCUT2D eigenvalue weighted by Crippen LogP contribution is 2.43. The van der Waals surface area contributed by atoms with Gasteiger partial charge < -0.3 is 24.7 Å². The molecule has 0 saturated carbocycles. The summed E-state index contributed by atoms with van der Waals surface area (Å²) in [5.74, 6) is 0.0486. The van der Waals surface area contributed by atoms with Crippen molar-refractivity contribution in [2.45, 2.75) is 25.4 Å². The SMILES string of the molecule is COc1cc2c(cc1-c1cccnc1)-c1cc(C(=O)N[C@@H](CO)Cc3c[nH]c4ccccc34)c(-c3cccc(F)c3)n1CC2. The molecule has 0 unspecified atom stereocenters. The van der Waals surface area contributed by atoms with Gasteiger partial charge in [0.25, 0.3) is 5.91 Å². The number of nitrogens with one attached hydrogen (secondary N) is 2. The molecule has 0 aliphatic carbocycles. The number of benzene rings is 3. The number of ether oxygens (including phenoxy) is 1. The van der Waals surface area contributed by atoms with Crippen LogP contribution in [-0.2, 0) is 19.4 Å². The van der Waals surface area contributed by atoms with Crippen LogP contribution in [0.4, 0.5) is 4.39 Å².